The van der Waals surface area contributed by atoms with Gasteiger partial charge in [-0.25, -0.2) is 0 Å². The van der Waals surface area contributed by atoms with Gasteiger partial charge in [-0.2, -0.15) is 0 Å². The molecule has 0 aliphatic heterocycles. The Hall–Kier alpha value is -1.20. The van der Waals surface area contributed by atoms with E-state index in [1.807, 2.05) is 39.0 Å². The summed E-state index contributed by atoms with van der Waals surface area (Å²) < 4.78 is 0.833. The van der Waals surface area contributed by atoms with Crippen molar-refractivity contribution in [3.05, 3.63) is 40.4 Å². The van der Waals surface area contributed by atoms with Crippen LogP contribution in [0.5, 0.6) is 0 Å². The SMILES string of the molecule is Cc1ccc(C(=O)[C@@H](C)Sc2nncs2)cc1C. The maximum atomic E-state index is 12.3. The van der Waals surface area contributed by atoms with Gasteiger partial charge in [-0.3, -0.25) is 4.79 Å². The highest BCUT2D eigenvalue weighted by atomic mass is 32.2. The number of rotatable bonds is 4. The highest BCUT2D eigenvalue weighted by molar-refractivity contribution is 8.02. The van der Waals surface area contributed by atoms with E-state index in [2.05, 4.69) is 10.2 Å². The summed E-state index contributed by atoms with van der Waals surface area (Å²) in [6.45, 7) is 5.97. The molecule has 0 aliphatic rings. The Morgan fingerprint density at radius 3 is 2.72 bits per heavy atom. The molecule has 5 heteroatoms. The Kier molecular flexibility index (Phi) is 4.14. The zero-order valence-corrected chi connectivity index (χ0v) is 12.1. The minimum atomic E-state index is -0.139. The number of benzene rings is 1. The van der Waals surface area contributed by atoms with Crippen LogP contribution >= 0.6 is 23.1 Å². The molecule has 2 rings (SSSR count). The molecular weight excluding hydrogens is 264 g/mol. The monoisotopic (exact) mass is 278 g/mol. The topological polar surface area (TPSA) is 42.9 Å². The van der Waals surface area contributed by atoms with E-state index in [1.54, 1.807) is 5.51 Å². The average molecular weight is 278 g/mol. The Bertz CT molecular complexity index is 552. The van der Waals surface area contributed by atoms with Crippen LogP contribution in [0.15, 0.2) is 28.0 Å². The van der Waals surface area contributed by atoms with Gasteiger partial charge in [-0.15, -0.1) is 10.2 Å². The lowest BCUT2D eigenvalue weighted by molar-refractivity contribution is 0.0994. The minimum Gasteiger partial charge on any atom is -0.293 e. The van der Waals surface area contributed by atoms with Crippen LogP contribution in [0.3, 0.4) is 0 Å². The zero-order valence-electron chi connectivity index (χ0n) is 10.5. The van der Waals surface area contributed by atoms with E-state index >= 15 is 0 Å². The van der Waals surface area contributed by atoms with Gasteiger partial charge in [0.1, 0.15) is 5.51 Å². The Balaban J connectivity index is 2.12. The molecule has 1 atom stereocenters. The first kappa shape index (κ1) is 13.2. The number of ketones is 1. The molecule has 0 radical (unpaired) electrons. The van der Waals surface area contributed by atoms with Crippen LogP contribution in [0.2, 0.25) is 0 Å². The van der Waals surface area contributed by atoms with Gasteiger partial charge in [0.05, 0.1) is 5.25 Å². The van der Waals surface area contributed by atoms with Crippen molar-refractivity contribution in [1.82, 2.24) is 10.2 Å². The summed E-state index contributed by atoms with van der Waals surface area (Å²) in [4.78, 5) is 12.3. The normalized spacial score (nSPS) is 12.4. The number of aromatic nitrogens is 2. The molecule has 1 aromatic carbocycles. The molecule has 1 heterocycles. The first-order valence-corrected chi connectivity index (χ1v) is 7.38. The second kappa shape index (κ2) is 5.63. The van der Waals surface area contributed by atoms with Crippen molar-refractivity contribution < 1.29 is 4.79 Å². The maximum Gasteiger partial charge on any atom is 0.175 e. The number of thioether (sulfide) groups is 1. The zero-order chi connectivity index (χ0) is 13.1. The molecule has 3 nitrogen and oxygen atoms in total. The lowest BCUT2D eigenvalue weighted by Crippen LogP contribution is -2.13. The molecule has 94 valence electrons. The third kappa shape index (κ3) is 2.97. The van der Waals surface area contributed by atoms with E-state index in [4.69, 9.17) is 0 Å². The summed E-state index contributed by atoms with van der Waals surface area (Å²) in [6, 6.07) is 5.83. The molecule has 0 N–H and O–H groups in total. The van der Waals surface area contributed by atoms with Crippen LogP contribution in [0, 0.1) is 13.8 Å². The molecular formula is C13H14N2OS2. The number of Topliss-reactive ketones (excluding diaryl/α,β-unsaturated/α-hetero) is 1. The van der Waals surface area contributed by atoms with Gasteiger partial charge >= 0.3 is 0 Å². The lowest BCUT2D eigenvalue weighted by atomic mass is 10.0. The van der Waals surface area contributed by atoms with Crippen molar-refractivity contribution in [3.8, 4) is 0 Å². The quantitative estimate of drug-likeness (QED) is 0.634. The first-order valence-electron chi connectivity index (χ1n) is 5.62. The van der Waals surface area contributed by atoms with E-state index in [-0.39, 0.29) is 11.0 Å². The van der Waals surface area contributed by atoms with Crippen LogP contribution in [-0.4, -0.2) is 21.2 Å². The van der Waals surface area contributed by atoms with Crippen LogP contribution in [0.1, 0.15) is 28.4 Å². The standard InChI is InChI=1S/C13H14N2OS2/c1-8-4-5-11(6-9(8)2)12(16)10(3)18-13-15-14-7-17-13/h4-7,10H,1-3H3/t10-/m1/s1. The van der Waals surface area contributed by atoms with E-state index in [9.17, 15) is 4.79 Å². The van der Waals surface area contributed by atoms with Gasteiger partial charge < -0.3 is 0 Å². The van der Waals surface area contributed by atoms with Crippen LogP contribution in [0.25, 0.3) is 0 Å². The summed E-state index contributed by atoms with van der Waals surface area (Å²) in [7, 11) is 0. The number of nitrogens with zero attached hydrogens (tertiary/aromatic N) is 2. The van der Waals surface area contributed by atoms with E-state index in [0.717, 1.165) is 15.5 Å². The second-order valence-electron chi connectivity index (χ2n) is 4.13. The van der Waals surface area contributed by atoms with Crippen LogP contribution in [0.4, 0.5) is 0 Å². The number of hydrogen-bond donors (Lipinski definition) is 0. The number of carbonyl (C=O) groups excluding carboxylic acids is 1. The molecule has 0 unspecified atom stereocenters. The average Bonchev–Trinajstić information content (AvgIpc) is 2.84. The summed E-state index contributed by atoms with van der Waals surface area (Å²) in [5, 5.41) is 7.57. The highest BCUT2D eigenvalue weighted by Gasteiger charge is 2.18. The molecule has 0 bridgehead atoms. The van der Waals surface area contributed by atoms with Gasteiger partial charge in [0.2, 0.25) is 0 Å². The van der Waals surface area contributed by atoms with Crippen molar-refractivity contribution in [2.45, 2.75) is 30.4 Å². The summed E-state index contributed by atoms with van der Waals surface area (Å²) in [5.74, 6) is 0.137. The third-order valence-electron chi connectivity index (χ3n) is 2.78. The number of carbonyl (C=O) groups is 1. The molecule has 0 saturated carbocycles. The molecule has 0 fully saturated rings. The van der Waals surface area contributed by atoms with Crippen molar-refractivity contribution in [1.29, 1.82) is 0 Å². The Labute approximate surface area is 115 Å². The van der Waals surface area contributed by atoms with Crippen molar-refractivity contribution in [2.24, 2.45) is 0 Å². The van der Waals surface area contributed by atoms with Gasteiger partial charge in [0.25, 0.3) is 0 Å². The number of hydrogen-bond acceptors (Lipinski definition) is 5. The molecule has 0 saturated heterocycles. The minimum absolute atomic E-state index is 0.137. The highest BCUT2D eigenvalue weighted by Crippen LogP contribution is 2.26. The second-order valence-corrected chi connectivity index (χ2v) is 6.55. The molecule has 0 aliphatic carbocycles. The fraction of sp³-hybridized carbons (Fsp3) is 0.308. The van der Waals surface area contributed by atoms with Gasteiger partial charge in [0, 0.05) is 5.56 Å². The molecule has 2 aromatic rings. The molecule has 0 spiro atoms. The van der Waals surface area contributed by atoms with Crippen molar-refractivity contribution in [2.75, 3.05) is 0 Å². The van der Waals surface area contributed by atoms with E-state index in [1.165, 1.54) is 28.7 Å². The Morgan fingerprint density at radius 2 is 2.11 bits per heavy atom. The van der Waals surface area contributed by atoms with E-state index < -0.39 is 0 Å². The Morgan fingerprint density at radius 1 is 1.33 bits per heavy atom. The summed E-state index contributed by atoms with van der Waals surface area (Å²) in [6.07, 6.45) is 0. The summed E-state index contributed by atoms with van der Waals surface area (Å²) in [5.41, 5.74) is 4.79. The molecule has 1 aromatic heterocycles. The van der Waals surface area contributed by atoms with Crippen molar-refractivity contribution in [3.63, 3.8) is 0 Å². The van der Waals surface area contributed by atoms with Crippen LogP contribution < -0.4 is 0 Å². The predicted octanol–water partition coefficient (Wildman–Crippen LogP) is 3.52. The maximum absolute atomic E-state index is 12.3. The smallest absolute Gasteiger partial charge is 0.175 e. The molecule has 18 heavy (non-hydrogen) atoms. The van der Waals surface area contributed by atoms with E-state index in [0.29, 0.717) is 0 Å². The van der Waals surface area contributed by atoms with Crippen LogP contribution in [-0.2, 0) is 0 Å². The van der Waals surface area contributed by atoms with Gasteiger partial charge in [0.15, 0.2) is 10.1 Å². The summed E-state index contributed by atoms with van der Waals surface area (Å²) >= 11 is 2.92. The number of aryl methyl sites for hydroxylation is 2. The van der Waals surface area contributed by atoms with Crippen molar-refractivity contribution >= 4 is 28.9 Å². The third-order valence-corrected chi connectivity index (χ3v) is 4.69. The predicted molar refractivity (Wildman–Crippen MR) is 75.5 cm³/mol. The van der Waals surface area contributed by atoms with Gasteiger partial charge in [-0.1, -0.05) is 35.2 Å². The largest absolute Gasteiger partial charge is 0.293 e. The fourth-order valence-electron chi connectivity index (χ4n) is 1.55. The lowest BCUT2D eigenvalue weighted by Gasteiger charge is -2.09. The molecule has 0 amide bonds. The first-order chi connectivity index (χ1) is 8.58. The fourth-order valence-corrected chi connectivity index (χ4v) is 3.25. The van der Waals surface area contributed by atoms with Gasteiger partial charge in [-0.05, 0) is 38.0 Å².